The second kappa shape index (κ2) is 10.8. The van der Waals surface area contributed by atoms with Crippen molar-refractivity contribution in [2.24, 2.45) is 0 Å². The fraction of sp³-hybridized carbons (Fsp3) is 0.190. The van der Waals surface area contributed by atoms with Gasteiger partial charge < -0.3 is 14.8 Å². The molecule has 0 aliphatic rings. The Labute approximate surface area is 180 Å². The first-order valence-electron chi connectivity index (χ1n) is 9.25. The van der Waals surface area contributed by atoms with Crippen LogP contribution in [0.1, 0.15) is 24.2 Å². The van der Waals surface area contributed by atoms with E-state index < -0.39 is 22.0 Å². The van der Waals surface area contributed by atoms with E-state index in [2.05, 4.69) is 10.0 Å². The number of hydrogen-bond acceptors (Lipinski definition) is 8. The van der Waals surface area contributed by atoms with Crippen LogP contribution in [0.4, 0.5) is 11.4 Å². The molecular formula is C21H21N3O6S. The number of esters is 2. The van der Waals surface area contributed by atoms with Crippen molar-refractivity contribution in [1.82, 2.24) is 0 Å². The first kappa shape index (κ1) is 23.4. The first-order valence-corrected chi connectivity index (χ1v) is 10.7. The van der Waals surface area contributed by atoms with Crippen LogP contribution in [-0.2, 0) is 24.3 Å². The first-order chi connectivity index (χ1) is 14.8. The molecular weight excluding hydrogens is 422 g/mol. The lowest BCUT2D eigenvalue weighted by molar-refractivity contribution is -0.138. The third-order valence-electron chi connectivity index (χ3n) is 3.83. The minimum Gasteiger partial charge on any atom is -0.462 e. The Morgan fingerprint density at radius 3 is 2.19 bits per heavy atom. The van der Waals surface area contributed by atoms with E-state index in [4.69, 9.17) is 14.7 Å². The number of nitrogens with one attached hydrogen (secondary N) is 2. The Morgan fingerprint density at radius 1 is 1.00 bits per heavy atom. The predicted octanol–water partition coefficient (Wildman–Crippen LogP) is 3.05. The van der Waals surface area contributed by atoms with Gasteiger partial charge >= 0.3 is 11.9 Å². The molecule has 0 unspecified atom stereocenters. The van der Waals surface area contributed by atoms with Crippen LogP contribution in [0.3, 0.4) is 0 Å². The maximum atomic E-state index is 12.8. The number of para-hydroxylation sites is 2. The van der Waals surface area contributed by atoms with Crippen LogP contribution in [0.25, 0.3) is 0 Å². The third-order valence-corrected chi connectivity index (χ3v) is 5.22. The average Bonchev–Trinajstić information content (AvgIpc) is 2.75. The summed E-state index contributed by atoms with van der Waals surface area (Å²) in [6.45, 7) is 3.61. The van der Waals surface area contributed by atoms with Crippen LogP contribution in [0, 0.1) is 11.3 Å². The molecule has 2 rings (SSSR count). The Hall–Kier alpha value is -3.84. The van der Waals surface area contributed by atoms with Gasteiger partial charge in [0.15, 0.2) is 5.57 Å². The smallest absolute Gasteiger partial charge is 0.350 e. The number of benzene rings is 2. The summed E-state index contributed by atoms with van der Waals surface area (Å²) in [4.78, 5) is 23.4. The van der Waals surface area contributed by atoms with Gasteiger partial charge in [0.25, 0.3) is 10.0 Å². The molecule has 10 heteroatoms. The topological polar surface area (TPSA) is 135 Å². The van der Waals surface area contributed by atoms with Crippen molar-refractivity contribution in [3.8, 4) is 6.07 Å². The Kier molecular flexibility index (Phi) is 8.16. The van der Waals surface area contributed by atoms with Crippen LogP contribution in [-0.4, -0.2) is 33.6 Å². The van der Waals surface area contributed by atoms with Gasteiger partial charge in [-0.1, -0.05) is 12.1 Å². The van der Waals surface area contributed by atoms with Crippen LogP contribution >= 0.6 is 0 Å². The van der Waals surface area contributed by atoms with E-state index in [0.717, 1.165) is 6.20 Å². The van der Waals surface area contributed by atoms with E-state index in [-0.39, 0.29) is 34.9 Å². The molecule has 2 N–H and O–H groups in total. The number of sulfonamides is 1. The van der Waals surface area contributed by atoms with Crippen molar-refractivity contribution in [2.75, 3.05) is 23.3 Å². The fourth-order valence-corrected chi connectivity index (χ4v) is 3.46. The molecule has 0 aliphatic carbocycles. The van der Waals surface area contributed by atoms with Gasteiger partial charge in [0, 0.05) is 6.20 Å². The minimum atomic E-state index is -3.98. The van der Waals surface area contributed by atoms with Crippen molar-refractivity contribution in [2.45, 2.75) is 18.7 Å². The number of rotatable bonds is 9. The summed E-state index contributed by atoms with van der Waals surface area (Å²) in [6, 6.07) is 13.4. The molecule has 0 bridgehead atoms. The molecule has 0 radical (unpaired) electrons. The molecule has 0 amide bonds. The molecule has 0 atom stereocenters. The molecule has 2 aromatic carbocycles. The van der Waals surface area contributed by atoms with E-state index in [1.54, 1.807) is 38.1 Å². The zero-order valence-corrected chi connectivity index (χ0v) is 17.7. The summed E-state index contributed by atoms with van der Waals surface area (Å²) in [5.41, 5.74) is 0.464. The summed E-state index contributed by atoms with van der Waals surface area (Å²) in [5.74, 6) is -1.34. The fourth-order valence-electron chi connectivity index (χ4n) is 2.38. The molecule has 0 saturated heterocycles. The highest BCUT2D eigenvalue weighted by atomic mass is 32.2. The summed E-state index contributed by atoms with van der Waals surface area (Å²) in [6.07, 6.45) is 1.14. The summed E-state index contributed by atoms with van der Waals surface area (Å²) in [5, 5.41) is 11.8. The van der Waals surface area contributed by atoms with Gasteiger partial charge in [0.05, 0.1) is 35.0 Å². The molecule has 9 nitrogen and oxygen atoms in total. The van der Waals surface area contributed by atoms with Gasteiger partial charge in [0.2, 0.25) is 0 Å². The second-order valence-electron chi connectivity index (χ2n) is 5.93. The van der Waals surface area contributed by atoms with Crippen LogP contribution in [0.15, 0.2) is 65.2 Å². The van der Waals surface area contributed by atoms with Gasteiger partial charge in [-0.15, -0.1) is 0 Å². The highest BCUT2D eigenvalue weighted by Crippen LogP contribution is 2.25. The molecule has 0 aliphatic heterocycles. The van der Waals surface area contributed by atoms with Crippen molar-refractivity contribution in [3.05, 3.63) is 65.9 Å². The SMILES string of the molecule is CCOC(=O)/C(C#N)=C/Nc1ccccc1NS(=O)(=O)c1ccc(C(=O)OCC)cc1. The average molecular weight is 443 g/mol. The molecule has 162 valence electrons. The third kappa shape index (κ3) is 6.32. The standard InChI is InChI=1S/C21H21N3O6S/c1-3-29-20(25)15-9-11-17(12-10-15)31(27,28)24-19-8-6-5-7-18(19)23-14-16(13-22)21(26)30-4-2/h5-12,14,23-24H,3-4H2,1-2H3/b16-14+. The van der Waals surface area contributed by atoms with Crippen molar-refractivity contribution < 1.29 is 27.5 Å². The zero-order valence-electron chi connectivity index (χ0n) is 16.9. The number of ether oxygens (including phenoxy) is 2. The molecule has 0 heterocycles. The van der Waals surface area contributed by atoms with Gasteiger partial charge in [-0.25, -0.2) is 18.0 Å². The summed E-state index contributed by atoms with van der Waals surface area (Å²) in [7, 11) is -3.98. The number of nitriles is 1. The van der Waals surface area contributed by atoms with Crippen molar-refractivity contribution in [3.63, 3.8) is 0 Å². The Balaban J connectivity index is 2.24. The van der Waals surface area contributed by atoms with Crippen molar-refractivity contribution in [1.29, 1.82) is 5.26 Å². The van der Waals surface area contributed by atoms with E-state index in [0.29, 0.717) is 5.69 Å². The molecule has 0 aromatic heterocycles. The second-order valence-corrected chi connectivity index (χ2v) is 7.61. The Bertz CT molecular complexity index is 1120. The maximum absolute atomic E-state index is 12.8. The number of carbonyl (C=O) groups excluding carboxylic acids is 2. The Morgan fingerprint density at radius 2 is 1.61 bits per heavy atom. The molecule has 0 spiro atoms. The lowest BCUT2D eigenvalue weighted by atomic mass is 10.2. The van der Waals surface area contributed by atoms with Gasteiger partial charge in [-0.2, -0.15) is 5.26 Å². The zero-order chi connectivity index (χ0) is 22.9. The van der Waals surface area contributed by atoms with E-state index in [9.17, 15) is 18.0 Å². The quantitative estimate of drug-likeness (QED) is 0.343. The maximum Gasteiger partial charge on any atom is 0.350 e. The van der Waals surface area contributed by atoms with E-state index in [1.165, 1.54) is 30.3 Å². The monoisotopic (exact) mass is 443 g/mol. The van der Waals surface area contributed by atoms with Gasteiger partial charge in [-0.3, -0.25) is 4.72 Å². The molecule has 0 fully saturated rings. The van der Waals surface area contributed by atoms with E-state index in [1.807, 2.05) is 0 Å². The van der Waals surface area contributed by atoms with Crippen LogP contribution < -0.4 is 10.0 Å². The summed E-state index contributed by atoms with van der Waals surface area (Å²) >= 11 is 0. The van der Waals surface area contributed by atoms with Gasteiger partial charge in [0.1, 0.15) is 6.07 Å². The number of anilines is 2. The predicted molar refractivity (Wildman–Crippen MR) is 114 cm³/mol. The van der Waals surface area contributed by atoms with Crippen LogP contribution in [0.5, 0.6) is 0 Å². The molecule has 31 heavy (non-hydrogen) atoms. The minimum absolute atomic E-state index is 0.0601. The number of carbonyl (C=O) groups is 2. The molecule has 0 saturated carbocycles. The highest BCUT2D eigenvalue weighted by Gasteiger charge is 2.17. The normalized spacial score (nSPS) is 11.2. The lowest BCUT2D eigenvalue weighted by Gasteiger charge is -2.13. The van der Waals surface area contributed by atoms with Crippen LogP contribution in [0.2, 0.25) is 0 Å². The van der Waals surface area contributed by atoms with E-state index >= 15 is 0 Å². The largest absolute Gasteiger partial charge is 0.462 e. The molecule has 2 aromatic rings. The highest BCUT2D eigenvalue weighted by molar-refractivity contribution is 7.92. The lowest BCUT2D eigenvalue weighted by Crippen LogP contribution is -2.14. The number of hydrogen-bond donors (Lipinski definition) is 2. The van der Waals surface area contributed by atoms with Gasteiger partial charge in [-0.05, 0) is 50.2 Å². The number of nitrogens with zero attached hydrogens (tertiary/aromatic N) is 1. The summed E-state index contributed by atoms with van der Waals surface area (Å²) < 4.78 is 37.6. The van der Waals surface area contributed by atoms with Crippen molar-refractivity contribution >= 4 is 33.3 Å².